The molecule has 0 spiro atoms. The third kappa shape index (κ3) is 7.42. The number of allylic oxidation sites excluding steroid dienone is 6. The van der Waals surface area contributed by atoms with Crippen molar-refractivity contribution in [3.63, 3.8) is 0 Å². The Kier molecular flexibility index (Phi) is 8.13. The first-order valence-corrected chi connectivity index (χ1v) is 8.60. The molecule has 0 aliphatic carbocycles. The van der Waals surface area contributed by atoms with Gasteiger partial charge in [-0.1, -0.05) is 34.9 Å². The Morgan fingerprint density at radius 2 is 1.50 bits per heavy atom. The van der Waals surface area contributed by atoms with E-state index in [1.165, 1.54) is 23.1 Å². The number of hydrogen-bond acceptors (Lipinski definition) is 2. The number of aliphatic hydroxyl groups excluding tert-OH is 1. The Balaban J connectivity index is 2.18. The molecule has 1 aliphatic heterocycles. The summed E-state index contributed by atoms with van der Waals surface area (Å²) in [4.78, 5) is 0. The zero-order chi connectivity index (χ0) is 16.6. The van der Waals surface area contributed by atoms with E-state index in [0.29, 0.717) is 0 Å². The summed E-state index contributed by atoms with van der Waals surface area (Å²) in [7, 11) is 0. The average molecular weight is 306 g/mol. The van der Waals surface area contributed by atoms with Crippen molar-refractivity contribution in [2.75, 3.05) is 6.61 Å². The van der Waals surface area contributed by atoms with Crippen LogP contribution in [0.3, 0.4) is 0 Å². The lowest BCUT2D eigenvalue weighted by Gasteiger charge is -2.04. The fourth-order valence-electron chi connectivity index (χ4n) is 2.69. The molecule has 0 amide bonds. The van der Waals surface area contributed by atoms with Gasteiger partial charge < -0.3 is 9.84 Å². The number of rotatable bonds is 10. The second kappa shape index (κ2) is 9.32. The van der Waals surface area contributed by atoms with E-state index in [2.05, 4.69) is 52.8 Å². The molecule has 2 heteroatoms. The van der Waals surface area contributed by atoms with Gasteiger partial charge in [0.05, 0.1) is 12.2 Å². The van der Waals surface area contributed by atoms with Crippen LogP contribution in [0, 0.1) is 0 Å². The molecule has 126 valence electrons. The molecule has 1 rings (SSSR count). The summed E-state index contributed by atoms with van der Waals surface area (Å²) in [5.41, 5.74) is 4.28. The van der Waals surface area contributed by atoms with E-state index in [1.54, 1.807) is 0 Å². The summed E-state index contributed by atoms with van der Waals surface area (Å²) in [6.45, 7) is 11.0. The molecule has 2 atom stereocenters. The van der Waals surface area contributed by atoms with E-state index < -0.39 is 0 Å². The summed E-state index contributed by atoms with van der Waals surface area (Å²) in [6.07, 6.45) is 13.7. The van der Waals surface area contributed by atoms with Gasteiger partial charge in [0.15, 0.2) is 0 Å². The van der Waals surface area contributed by atoms with Crippen LogP contribution in [0.2, 0.25) is 0 Å². The molecule has 2 nitrogen and oxygen atoms in total. The van der Waals surface area contributed by atoms with Crippen molar-refractivity contribution in [3.05, 3.63) is 34.9 Å². The van der Waals surface area contributed by atoms with Gasteiger partial charge in [-0.3, -0.25) is 0 Å². The van der Waals surface area contributed by atoms with Crippen molar-refractivity contribution >= 4 is 0 Å². The predicted molar refractivity (Wildman–Crippen MR) is 95.0 cm³/mol. The third-order valence-electron chi connectivity index (χ3n) is 4.46. The number of aliphatic hydroxyl groups is 1. The number of hydrogen-bond donors (Lipinski definition) is 1. The Hall–Kier alpha value is -0.860. The lowest BCUT2D eigenvalue weighted by atomic mass is 10.00. The first-order chi connectivity index (χ1) is 10.4. The van der Waals surface area contributed by atoms with E-state index in [9.17, 15) is 0 Å². The van der Waals surface area contributed by atoms with Crippen LogP contribution in [0.25, 0.3) is 0 Å². The summed E-state index contributed by atoms with van der Waals surface area (Å²) in [5, 5.41) is 9.06. The van der Waals surface area contributed by atoms with E-state index >= 15 is 0 Å². The Labute approximate surface area is 137 Å². The molecule has 22 heavy (non-hydrogen) atoms. The molecule has 0 aromatic heterocycles. The normalized spacial score (nSPS) is 25.3. The van der Waals surface area contributed by atoms with Gasteiger partial charge >= 0.3 is 0 Å². The molecular formula is C20H34O2. The summed E-state index contributed by atoms with van der Waals surface area (Å²) in [5.74, 6) is 0. The summed E-state index contributed by atoms with van der Waals surface area (Å²) in [6, 6.07) is 0. The maximum atomic E-state index is 9.06. The molecule has 1 fully saturated rings. The zero-order valence-electron chi connectivity index (χ0n) is 15.1. The standard InChI is InChI=1S/C20H34O2/c1-16(2)9-6-10-17(3)11-7-12-18(4)13-8-14-20(5)19(15-21)22-20/h9,11,13,19,21H,6-8,10,12,14-15H2,1-5H3/b17-11+,18-13+/t19-,20-/m0/s1. The van der Waals surface area contributed by atoms with Crippen molar-refractivity contribution in [2.24, 2.45) is 0 Å². The topological polar surface area (TPSA) is 32.8 Å². The first-order valence-electron chi connectivity index (χ1n) is 8.60. The van der Waals surface area contributed by atoms with Crippen molar-refractivity contribution in [3.8, 4) is 0 Å². The highest BCUT2D eigenvalue weighted by molar-refractivity contribution is 5.06. The fourth-order valence-corrected chi connectivity index (χ4v) is 2.69. The Morgan fingerprint density at radius 3 is 2.00 bits per heavy atom. The van der Waals surface area contributed by atoms with Gasteiger partial charge in [0, 0.05) is 0 Å². The molecule has 0 bridgehead atoms. The van der Waals surface area contributed by atoms with Crippen LogP contribution in [0.5, 0.6) is 0 Å². The zero-order valence-corrected chi connectivity index (χ0v) is 15.1. The second-order valence-electron chi connectivity index (χ2n) is 7.10. The van der Waals surface area contributed by atoms with Gasteiger partial charge in [0.1, 0.15) is 6.10 Å². The largest absolute Gasteiger partial charge is 0.394 e. The lowest BCUT2D eigenvalue weighted by Crippen LogP contribution is -2.11. The van der Waals surface area contributed by atoms with Crippen LogP contribution in [0.4, 0.5) is 0 Å². The average Bonchev–Trinajstić information content (AvgIpc) is 3.09. The van der Waals surface area contributed by atoms with Crippen molar-refractivity contribution < 1.29 is 9.84 Å². The van der Waals surface area contributed by atoms with Crippen LogP contribution in [0.15, 0.2) is 34.9 Å². The van der Waals surface area contributed by atoms with Crippen molar-refractivity contribution in [1.82, 2.24) is 0 Å². The molecule has 0 radical (unpaired) electrons. The number of ether oxygens (including phenoxy) is 1. The van der Waals surface area contributed by atoms with Gasteiger partial charge in [0.2, 0.25) is 0 Å². The highest BCUT2D eigenvalue weighted by Crippen LogP contribution is 2.39. The van der Waals surface area contributed by atoms with Gasteiger partial charge in [-0.2, -0.15) is 0 Å². The quantitative estimate of drug-likeness (QED) is 0.437. The van der Waals surface area contributed by atoms with E-state index in [4.69, 9.17) is 9.84 Å². The highest BCUT2D eigenvalue weighted by Gasteiger charge is 2.50. The SMILES string of the molecule is CC(C)=CCC/C(C)=C/CC/C(C)=C/CC[C@]1(C)O[C@H]1CO. The number of epoxide rings is 1. The minimum atomic E-state index is -0.0764. The predicted octanol–water partition coefficient (Wildman–Crippen LogP) is 5.34. The maximum absolute atomic E-state index is 9.06. The van der Waals surface area contributed by atoms with Crippen LogP contribution in [0.1, 0.15) is 73.1 Å². The summed E-state index contributed by atoms with van der Waals surface area (Å²) < 4.78 is 5.51. The maximum Gasteiger partial charge on any atom is 0.110 e. The van der Waals surface area contributed by atoms with Gasteiger partial charge in [-0.25, -0.2) is 0 Å². The minimum Gasteiger partial charge on any atom is -0.394 e. The molecule has 0 aromatic rings. The monoisotopic (exact) mass is 306 g/mol. The van der Waals surface area contributed by atoms with Crippen LogP contribution >= 0.6 is 0 Å². The van der Waals surface area contributed by atoms with Crippen molar-refractivity contribution in [2.45, 2.75) is 84.8 Å². The third-order valence-corrected chi connectivity index (χ3v) is 4.46. The molecule has 1 heterocycles. The molecular weight excluding hydrogens is 272 g/mol. The van der Waals surface area contributed by atoms with E-state index in [1.807, 2.05) is 0 Å². The fraction of sp³-hybridized carbons (Fsp3) is 0.700. The van der Waals surface area contributed by atoms with Crippen LogP contribution in [-0.4, -0.2) is 23.4 Å². The van der Waals surface area contributed by atoms with Gasteiger partial charge in [-0.15, -0.1) is 0 Å². The first kappa shape index (κ1) is 19.2. The van der Waals surface area contributed by atoms with Crippen LogP contribution < -0.4 is 0 Å². The van der Waals surface area contributed by atoms with Crippen LogP contribution in [-0.2, 0) is 4.74 Å². The summed E-state index contributed by atoms with van der Waals surface area (Å²) >= 11 is 0. The van der Waals surface area contributed by atoms with E-state index in [-0.39, 0.29) is 18.3 Å². The Bertz CT molecular complexity index is 427. The minimum absolute atomic E-state index is 0.0626. The van der Waals surface area contributed by atoms with Gasteiger partial charge in [-0.05, 0) is 73.1 Å². The molecule has 0 aromatic carbocycles. The molecule has 0 saturated carbocycles. The molecule has 1 aliphatic rings. The lowest BCUT2D eigenvalue weighted by molar-refractivity contribution is 0.235. The Morgan fingerprint density at radius 1 is 0.955 bits per heavy atom. The van der Waals surface area contributed by atoms with Crippen molar-refractivity contribution in [1.29, 1.82) is 0 Å². The van der Waals surface area contributed by atoms with E-state index in [0.717, 1.165) is 32.1 Å². The van der Waals surface area contributed by atoms with Gasteiger partial charge in [0.25, 0.3) is 0 Å². The molecule has 1 N–H and O–H groups in total. The second-order valence-corrected chi connectivity index (χ2v) is 7.10. The molecule has 0 unspecified atom stereocenters. The smallest absolute Gasteiger partial charge is 0.110 e. The molecule has 1 saturated heterocycles. The highest BCUT2D eigenvalue weighted by atomic mass is 16.6.